The fourth-order valence-electron chi connectivity index (χ4n) is 3.18. The molecule has 158 valence electrons. The summed E-state index contributed by atoms with van der Waals surface area (Å²) in [6, 6.07) is 15.8. The van der Waals surface area contributed by atoms with Crippen LogP contribution in [-0.4, -0.2) is 19.5 Å². The summed E-state index contributed by atoms with van der Waals surface area (Å²) in [6.07, 6.45) is -2.64. The first-order valence-corrected chi connectivity index (χ1v) is 9.38. The van der Waals surface area contributed by atoms with Crippen LogP contribution in [0.2, 0.25) is 0 Å². The number of halogens is 4. The molecular formula is C22H17F4N5. The van der Waals surface area contributed by atoms with Gasteiger partial charge in [-0.3, -0.25) is 0 Å². The van der Waals surface area contributed by atoms with E-state index in [1.54, 1.807) is 0 Å². The number of hydrogen-bond acceptors (Lipinski definition) is 4. The smallest absolute Gasteiger partial charge is 0.348 e. The number of alkyl halides is 3. The number of anilines is 1. The van der Waals surface area contributed by atoms with E-state index in [0.717, 1.165) is 5.56 Å². The second-order valence-electron chi connectivity index (χ2n) is 6.83. The molecule has 0 amide bonds. The van der Waals surface area contributed by atoms with Gasteiger partial charge in [-0.15, -0.1) is 13.2 Å². The Morgan fingerprint density at radius 3 is 2.32 bits per heavy atom. The SMILES string of the molecule is C[C@@H](Nc1nccc(-c2c(-c3ccc(F)cc3)ncn2C(F)(F)F)n1)c1ccccc1. The van der Waals surface area contributed by atoms with E-state index in [4.69, 9.17) is 0 Å². The Labute approximate surface area is 175 Å². The van der Waals surface area contributed by atoms with E-state index in [9.17, 15) is 17.6 Å². The van der Waals surface area contributed by atoms with Crippen molar-refractivity contribution in [1.82, 2.24) is 19.5 Å². The third-order valence-corrected chi connectivity index (χ3v) is 4.70. The second-order valence-corrected chi connectivity index (χ2v) is 6.83. The number of aromatic nitrogens is 4. The molecule has 0 radical (unpaired) electrons. The van der Waals surface area contributed by atoms with Crippen molar-refractivity contribution in [3.05, 3.63) is 84.6 Å². The lowest BCUT2D eigenvalue weighted by atomic mass is 10.1. The van der Waals surface area contributed by atoms with Gasteiger partial charge in [0.05, 0.1) is 17.4 Å². The van der Waals surface area contributed by atoms with Crippen LogP contribution in [0.25, 0.3) is 22.6 Å². The van der Waals surface area contributed by atoms with Crippen molar-refractivity contribution in [1.29, 1.82) is 0 Å². The number of imidazole rings is 1. The normalized spacial score (nSPS) is 12.5. The van der Waals surface area contributed by atoms with Crippen molar-refractivity contribution in [3.8, 4) is 22.6 Å². The lowest BCUT2D eigenvalue weighted by Gasteiger charge is -2.16. The number of rotatable bonds is 5. The summed E-state index contributed by atoms with van der Waals surface area (Å²) in [4.78, 5) is 12.4. The second kappa shape index (κ2) is 8.17. The number of nitrogens with zero attached hydrogens (tertiary/aromatic N) is 4. The minimum absolute atomic E-state index is 0.0342. The lowest BCUT2D eigenvalue weighted by Crippen LogP contribution is -2.17. The average Bonchev–Trinajstić information content (AvgIpc) is 3.21. The first-order chi connectivity index (χ1) is 14.8. The molecule has 4 aromatic rings. The summed E-state index contributed by atoms with van der Waals surface area (Å²) in [7, 11) is 0. The maximum Gasteiger partial charge on any atom is 0.490 e. The largest absolute Gasteiger partial charge is 0.490 e. The predicted octanol–water partition coefficient (Wildman–Crippen LogP) is 5.80. The topological polar surface area (TPSA) is 55.6 Å². The maximum absolute atomic E-state index is 13.7. The van der Waals surface area contributed by atoms with Crippen molar-refractivity contribution in [3.63, 3.8) is 0 Å². The average molecular weight is 427 g/mol. The van der Waals surface area contributed by atoms with Gasteiger partial charge in [-0.2, -0.15) is 0 Å². The van der Waals surface area contributed by atoms with Crippen LogP contribution in [0, 0.1) is 5.82 Å². The third-order valence-electron chi connectivity index (χ3n) is 4.70. The summed E-state index contributed by atoms with van der Waals surface area (Å²) < 4.78 is 54.4. The van der Waals surface area contributed by atoms with E-state index in [-0.39, 0.29) is 33.6 Å². The van der Waals surface area contributed by atoms with Crippen LogP contribution in [-0.2, 0) is 6.30 Å². The van der Waals surface area contributed by atoms with Crippen LogP contribution in [0.1, 0.15) is 18.5 Å². The molecule has 0 aliphatic heterocycles. The highest BCUT2D eigenvalue weighted by Gasteiger charge is 2.35. The Hall–Kier alpha value is -3.75. The Kier molecular flexibility index (Phi) is 5.41. The first kappa shape index (κ1) is 20.5. The van der Waals surface area contributed by atoms with Crippen LogP contribution in [0.4, 0.5) is 23.5 Å². The van der Waals surface area contributed by atoms with Crippen LogP contribution < -0.4 is 5.32 Å². The Morgan fingerprint density at radius 1 is 0.935 bits per heavy atom. The molecule has 0 unspecified atom stereocenters. The molecule has 2 aromatic heterocycles. The van der Waals surface area contributed by atoms with Gasteiger partial charge in [0.1, 0.15) is 17.8 Å². The molecule has 1 atom stereocenters. The maximum atomic E-state index is 13.7. The van der Waals surface area contributed by atoms with E-state index in [0.29, 0.717) is 11.9 Å². The molecule has 0 aliphatic carbocycles. The summed E-state index contributed by atoms with van der Waals surface area (Å²) in [5, 5.41) is 3.10. The summed E-state index contributed by atoms with van der Waals surface area (Å²) >= 11 is 0. The van der Waals surface area contributed by atoms with E-state index in [2.05, 4.69) is 20.3 Å². The molecule has 31 heavy (non-hydrogen) atoms. The zero-order chi connectivity index (χ0) is 22.0. The Morgan fingerprint density at radius 2 is 1.65 bits per heavy atom. The van der Waals surface area contributed by atoms with Gasteiger partial charge in [-0.25, -0.2) is 23.9 Å². The van der Waals surface area contributed by atoms with Crippen LogP contribution >= 0.6 is 0 Å². The third kappa shape index (κ3) is 4.40. The van der Waals surface area contributed by atoms with Crippen molar-refractivity contribution in [2.45, 2.75) is 19.3 Å². The Bertz CT molecular complexity index is 1170. The van der Waals surface area contributed by atoms with Crippen molar-refractivity contribution >= 4 is 5.95 Å². The van der Waals surface area contributed by atoms with Gasteiger partial charge in [0.25, 0.3) is 0 Å². The summed E-state index contributed by atoms with van der Waals surface area (Å²) in [6.45, 7) is 1.90. The zero-order valence-corrected chi connectivity index (χ0v) is 16.3. The minimum atomic E-state index is -4.71. The fraction of sp³-hybridized carbons (Fsp3) is 0.136. The highest BCUT2D eigenvalue weighted by atomic mass is 19.4. The standard InChI is InChI=1S/C22H17F4N5/c1-14(15-5-3-2-4-6-15)29-21-27-12-11-18(30-21)20-19(16-7-9-17(23)10-8-16)28-13-31(20)22(24,25)26/h2-14H,1H3,(H,27,29,30)/t14-/m1/s1. The van der Waals surface area contributed by atoms with Crippen molar-refractivity contribution in [2.75, 3.05) is 5.32 Å². The highest BCUT2D eigenvalue weighted by molar-refractivity contribution is 5.77. The van der Waals surface area contributed by atoms with Crippen molar-refractivity contribution < 1.29 is 17.6 Å². The van der Waals surface area contributed by atoms with Gasteiger partial charge in [-0.1, -0.05) is 30.3 Å². The quantitative estimate of drug-likeness (QED) is 0.409. The fourth-order valence-corrected chi connectivity index (χ4v) is 3.18. The molecule has 0 aliphatic rings. The molecule has 0 saturated carbocycles. The van der Waals surface area contributed by atoms with E-state index >= 15 is 0 Å². The van der Waals surface area contributed by atoms with Crippen LogP contribution in [0.3, 0.4) is 0 Å². The summed E-state index contributed by atoms with van der Waals surface area (Å²) in [5.41, 5.74) is 1.14. The van der Waals surface area contributed by atoms with Gasteiger partial charge >= 0.3 is 6.30 Å². The molecule has 1 N–H and O–H groups in total. The molecule has 0 fully saturated rings. The number of nitrogens with one attached hydrogen (secondary N) is 1. The molecule has 5 nitrogen and oxygen atoms in total. The zero-order valence-electron chi connectivity index (χ0n) is 16.3. The minimum Gasteiger partial charge on any atom is -0.348 e. The predicted molar refractivity (Wildman–Crippen MR) is 108 cm³/mol. The molecule has 0 saturated heterocycles. The molecule has 0 spiro atoms. The van der Waals surface area contributed by atoms with E-state index in [1.807, 2.05) is 37.3 Å². The van der Waals surface area contributed by atoms with Gasteiger partial charge in [-0.05, 0) is 42.8 Å². The van der Waals surface area contributed by atoms with E-state index < -0.39 is 12.1 Å². The van der Waals surface area contributed by atoms with Gasteiger partial charge in [0.15, 0.2) is 0 Å². The van der Waals surface area contributed by atoms with Crippen LogP contribution in [0.15, 0.2) is 73.2 Å². The molecule has 2 aromatic carbocycles. The van der Waals surface area contributed by atoms with Gasteiger partial charge < -0.3 is 5.32 Å². The first-order valence-electron chi connectivity index (χ1n) is 9.38. The van der Waals surface area contributed by atoms with Gasteiger partial charge in [0, 0.05) is 11.8 Å². The van der Waals surface area contributed by atoms with E-state index in [1.165, 1.54) is 36.5 Å². The van der Waals surface area contributed by atoms with Crippen molar-refractivity contribution in [2.24, 2.45) is 0 Å². The molecule has 4 rings (SSSR count). The molecule has 9 heteroatoms. The lowest BCUT2D eigenvalue weighted by molar-refractivity contribution is -0.202. The summed E-state index contributed by atoms with van der Waals surface area (Å²) in [5.74, 6) is -0.321. The monoisotopic (exact) mass is 427 g/mol. The molecular weight excluding hydrogens is 410 g/mol. The highest BCUT2D eigenvalue weighted by Crippen LogP contribution is 2.36. The number of benzene rings is 2. The van der Waals surface area contributed by atoms with Gasteiger partial charge in [0.2, 0.25) is 5.95 Å². The van der Waals surface area contributed by atoms with Crippen LogP contribution in [0.5, 0.6) is 0 Å². The molecule has 0 bridgehead atoms. The Balaban J connectivity index is 1.76. The molecule has 2 heterocycles. The number of hydrogen-bond donors (Lipinski definition) is 1.